The summed E-state index contributed by atoms with van der Waals surface area (Å²) in [6.45, 7) is 0.238. The molecule has 18 heavy (non-hydrogen) atoms. The lowest BCUT2D eigenvalue weighted by Gasteiger charge is -2.25. The number of nitrogens with zero attached hydrogens (tertiary/aromatic N) is 1. The molecule has 4 nitrogen and oxygen atoms in total. The normalized spacial score (nSPS) is 18.0. The van der Waals surface area contributed by atoms with E-state index >= 15 is 0 Å². The second-order valence-electron chi connectivity index (χ2n) is 4.02. The zero-order valence-electron chi connectivity index (χ0n) is 9.40. The monoisotopic (exact) mass is 291 g/mol. The smallest absolute Gasteiger partial charge is 0.244 e. The average Bonchev–Trinajstić information content (AvgIpc) is 2.32. The third-order valence-electron chi connectivity index (χ3n) is 2.79. The van der Waals surface area contributed by atoms with Gasteiger partial charge in [-0.05, 0) is 18.2 Å². The first kappa shape index (κ1) is 13.5. The number of sulfonamides is 1. The minimum atomic E-state index is -3.83. The fraction of sp³-hybridized carbons (Fsp3) is 0.364. The molecule has 1 aliphatic rings. The Morgan fingerprint density at radius 2 is 1.83 bits per heavy atom. The molecule has 1 aromatic carbocycles. The molecule has 0 spiro atoms. The molecule has 0 radical (unpaired) electrons. The van der Waals surface area contributed by atoms with Gasteiger partial charge in [-0.25, -0.2) is 12.8 Å². The first-order valence-corrected chi connectivity index (χ1v) is 7.20. The molecule has 1 aliphatic heterocycles. The van der Waals surface area contributed by atoms with Gasteiger partial charge in [0.05, 0.1) is 5.02 Å². The molecule has 1 saturated heterocycles. The number of halogens is 2. The number of ketones is 1. The summed E-state index contributed by atoms with van der Waals surface area (Å²) in [6.07, 6.45) is 0.373. The molecule has 0 unspecified atom stereocenters. The third-order valence-corrected chi connectivity index (χ3v) is 5.17. The lowest BCUT2D eigenvalue weighted by atomic mass is 10.1. The molecule has 1 aromatic rings. The zero-order valence-corrected chi connectivity index (χ0v) is 11.0. The summed E-state index contributed by atoms with van der Waals surface area (Å²) in [5.41, 5.74) is 0. The quantitative estimate of drug-likeness (QED) is 0.835. The van der Waals surface area contributed by atoms with Gasteiger partial charge < -0.3 is 0 Å². The van der Waals surface area contributed by atoms with Crippen molar-refractivity contribution < 1.29 is 17.6 Å². The van der Waals surface area contributed by atoms with E-state index in [-0.39, 0.29) is 41.6 Å². The molecule has 0 aliphatic carbocycles. The van der Waals surface area contributed by atoms with E-state index in [1.54, 1.807) is 0 Å². The van der Waals surface area contributed by atoms with Crippen LogP contribution >= 0.6 is 11.6 Å². The predicted octanol–water partition coefficient (Wildman–Crippen LogP) is 1.83. The Morgan fingerprint density at radius 1 is 1.22 bits per heavy atom. The van der Waals surface area contributed by atoms with Gasteiger partial charge in [-0.3, -0.25) is 4.79 Å². The highest BCUT2D eigenvalue weighted by Crippen LogP contribution is 2.26. The predicted molar refractivity (Wildman–Crippen MR) is 64.4 cm³/mol. The topological polar surface area (TPSA) is 54.5 Å². The number of carbonyl (C=O) groups is 1. The first-order chi connectivity index (χ1) is 8.41. The lowest BCUT2D eigenvalue weighted by molar-refractivity contribution is -0.120. The van der Waals surface area contributed by atoms with Crippen LogP contribution in [0.4, 0.5) is 4.39 Å². The number of rotatable bonds is 2. The van der Waals surface area contributed by atoms with E-state index in [1.165, 1.54) is 6.07 Å². The minimum absolute atomic E-state index is 0.0201. The Balaban J connectivity index is 2.36. The number of Topliss-reactive ketones (excluding diaryl/α,β-unsaturated/α-hetero) is 1. The van der Waals surface area contributed by atoms with Gasteiger partial charge in [0, 0.05) is 25.9 Å². The number of benzene rings is 1. The van der Waals surface area contributed by atoms with Crippen LogP contribution in [0.25, 0.3) is 0 Å². The van der Waals surface area contributed by atoms with E-state index in [0.717, 1.165) is 16.4 Å². The van der Waals surface area contributed by atoms with Gasteiger partial charge in [-0.1, -0.05) is 11.6 Å². The number of hydrogen-bond acceptors (Lipinski definition) is 3. The van der Waals surface area contributed by atoms with Gasteiger partial charge in [0.25, 0.3) is 0 Å². The molecule has 98 valence electrons. The molecule has 0 atom stereocenters. The maximum absolute atomic E-state index is 13.1. The van der Waals surface area contributed by atoms with E-state index in [2.05, 4.69) is 0 Å². The Kier molecular flexibility index (Phi) is 3.70. The zero-order chi connectivity index (χ0) is 13.3. The van der Waals surface area contributed by atoms with Crippen molar-refractivity contribution in [3.8, 4) is 0 Å². The maximum Gasteiger partial charge on any atom is 0.244 e. The highest BCUT2D eigenvalue weighted by Gasteiger charge is 2.30. The average molecular weight is 292 g/mol. The Hall–Kier alpha value is -0.980. The lowest BCUT2D eigenvalue weighted by Crippen LogP contribution is -2.38. The maximum atomic E-state index is 13.1. The van der Waals surface area contributed by atoms with Gasteiger partial charge in [0.2, 0.25) is 10.0 Å². The van der Waals surface area contributed by atoms with Gasteiger partial charge in [0.15, 0.2) is 0 Å². The second-order valence-corrected chi connectivity index (χ2v) is 6.33. The molecule has 0 amide bonds. The minimum Gasteiger partial charge on any atom is -0.300 e. The summed E-state index contributed by atoms with van der Waals surface area (Å²) in [5, 5.41) is -0.0201. The van der Waals surface area contributed by atoms with E-state index in [9.17, 15) is 17.6 Å². The van der Waals surface area contributed by atoms with E-state index < -0.39 is 15.8 Å². The van der Waals surface area contributed by atoms with Crippen molar-refractivity contribution in [1.82, 2.24) is 4.31 Å². The molecule has 0 N–H and O–H groups in total. The number of hydrogen-bond donors (Lipinski definition) is 0. The molecule has 1 heterocycles. The summed E-state index contributed by atoms with van der Waals surface area (Å²) in [6, 6.07) is 3.20. The molecule has 0 saturated carbocycles. The second kappa shape index (κ2) is 4.95. The molecule has 0 aromatic heterocycles. The summed E-state index contributed by atoms with van der Waals surface area (Å²) in [7, 11) is -3.83. The van der Waals surface area contributed by atoms with Crippen LogP contribution in [0.15, 0.2) is 23.1 Å². The summed E-state index contributed by atoms with van der Waals surface area (Å²) < 4.78 is 38.7. The fourth-order valence-corrected chi connectivity index (χ4v) is 3.72. The van der Waals surface area contributed by atoms with Gasteiger partial charge in [-0.2, -0.15) is 4.31 Å². The van der Waals surface area contributed by atoms with Crippen LogP contribution in [-0.4, -0.2) is 31.6 Å². The largest absolute Gasteiger partial charge is 0.300 e. The van der Waals surface area contributed by atoms with Gasteiger partial charge in [-0.15, -0.1) is 0 Å². The van der Waals surface area contributed by atoms with Gasteiger partial charge >= 0.3 is 0 Å². The Morgan fingerprint density at radius 3 is 2.44 bits per heavy atom. The van der Waals surface area contributed by atoms with Crippen molar-refractivity contribution in [3.05, 3.63) is 29.0 Å². The van der Waals surface area contributed by atoms with Crippen molar-refractivity contribution in [2.75, 3.05) is 13.1 Å². The van der Waals surface area contributed by atoms with Crippen LogP contribution in [0.3, 0.4) is 0 Å². The van der Waals surface area contributed by atoms with Crippen molar-refractivity contribution in [2.45, 2.75) is 17.7 Å². The standard InChI is InChI=1S/C11H11ClFNO3S/c12-10-2-1-8(13)7-11(10)18(16,17)14-5-3-9(15)4-6-14/h1-2,7H,3-6H2. The van der Waals surface area contributed by atoms with Crippen LogP contribution in [0, 0.1) is 5.82 Å². The van der Waals surface area contributed by atoms with Crippen LogP contribution in [0.2, 0.25) is 5.02 Å². The molecule has 7 heteroatoms. The van der Waals surface area contributed by atoms with E-state index in [1.807, 2.05) is 0 Å². The Bertz CT molecular complexity index is 578. The summed E-state index contributed by atoms with van der Waals surface area (Å²) in [4.78, 5) is 10.8. The third kappa shape index (κ3) is 2.55. The highest BCUT2D eigenvalue weighted by atomic mass is 35.5. The van der Waals surface area contributed by atoms with Crippen molar-refractivity contribution >= 4 is 27.4 Å². The van der Waals surface area contributed by atoms with Crippen LogP contribution in [-0.2, 0) is 14.8 Å². The van der Waals surface area contributed by atoms with Crippen LogP contribution < -0.4 is 0 Å². The fourth-order valence-electron chi connectivity index (χ4n) is 1.79. The van der Waals surface area contributed by atoms with Crippen molar-refractivity contribution in [3.63, 3.8) is 0 Å². The summed E-state index contributed by atoms with van der Waals surface area (Å²) >= 11 is 5.79. The van der Waals surface area contributed by atoms with Crippen molar-refractivity contribution in [2.24, 2.45) is 0 Å². The molecule has 1 fully saturated rings. The SMILES string of the molecule is O=C1CCN(S(=O)(=O)c2cc(F)ccc2Cl)CC1. The van der Waals surface area contributed by atoms with Gasteiger partial charge in [0.1, 0.15) is 16.5 Å². The number of carbonyl (C=O) groups excluding carboxylic acids is 1. The molecular formula is C11H11ClFNO3S. The summed E-state index contributed by atoms with van der Waals surface area (Å²) in [5.74, 6) is -0.627. The van der Waals surface area contributed by atoms with Crippen LogP contribution in [0.5, 0.6) is 0 Å². The van der Waals surface area contributed by atoms with E-state index in [0.29, 0.717) is 0 Å². The molecule has 0 bridgehead atoms. The molecular weight excluding hydrogens is 281 g/mol. The Labute approximate surface area is 109 Å². The molecule has 2 rings (SSSR count). The first-order valence-electron chi connectivity index (χ1n) is 5.38. The highest BCUT2D eigenvalue weighted by molar-refractivity contribution is 7.89. The van der Waals surface area contributed by atoms with Crippen LogP contribution in [0.1, 0.15) is 12.8 Å². The van der Waals surface area contributed by atoms with E-state index in [4.69, 9.17) is 11.6 Å². The van der Waals surface area contributed by atoms with Crippen molar-refractivity contribution in [1.29, 1.82) is 0 Å². The number of piperidine rings is 1.